The van der Waals surface area contributed by atoms with Gasteiger partial charge in [0.25, 0.3) is 0 Å². The smallest absolute Gasteiger partial charge is 0.434 e. The lowest BCUT2D eigenvalue weighted by Crippen LogP contribution is -2.10. The number of thioether (sulfide) groups is 1. The maximum Gasteiger partial charge on any atom is 0.515 e. The van der Waals surface area contributed by atoms with Crippen molar-refractivity contribution in [2.75, 3.05) is 6.61 Å². The molecule has 0 atom stereocenters. The molecule has 0 bridgehead atoms. The first-order valence-electron chi connectivity index (χ1n) is 8.32. The number of carbonyl (C=O) groups excluding carboxylic acids is 1. The Hall–Kier alpha value is -2.65. The van der Waals surface area contributed by atoms with E-state index in [1.54, 1.807) is 37.3 Å². The molecule has 0 aliphatic carbocycles. The number of aromatic nitrogens is 2. The largest absolute Gasteiger partial charge is 0.515 e. The van der Waals surface area contributed by atoms with Crippen molar-refractivity contribution in [3.63, 3.8) is 0 Å². The van der Waals surface area contributed by atoms with Gasteiger partial charge in [-0.3, -0.25) is 0 Å². The van der Waals surface area contributed by atoms with Gasteiger partial charge in [-0.1, -0.05) is 29.8 Å². The maximum atomic E-state index is 12.7. The fourth-order valence-electron chi connectivity index (χ4n) is 2.50. The van der Waals surface area contributed by atoms with Crippen LogP contribution in [0.5, 0.6) is 5.88 Å². The summed E-state index contributed by atoms with van der Waals surface area (Å²) in [5, 5.41) is 4.67. The molecular weight excluding hydrogens is 429 g/mol. The van der Waals surface area contributed by atoms with E-state index in [9.17, 15) is 18.0 Å². The second-order valence-electron chi connectivity index (χ2n) is 5.62. The molecule has 0 fully saturated rings. The summed E-state index contributed by atoms with van der Waals surface area (Å²) < 4.78 is 49.4. The van der Waals surface area contributed by atoms with Crippen LogP contribution in [0, 0.1) is 0 Å². The van der Waals surface area contributed by atoms with Gasteiger partial charge in [-0.05, 0) is 49.0 Å². The van der Waals surface area contributed by atoms with Gasteiger partial charge in [0.1, 0.15) is 0 Å². The van der Waals surface area contributed by atoms with Gasteiger partial charge in [-0.25, -0.2) is 9.48 Å². The van der Waals surface area contributed by atoms with Crippen molar-refractivity contribution in [1.82, 2.24) is 9.78 Å². The predicted molar refractivity (Wildman–Crippen MR) is 104 cm³/mol. The van der Waals surface area contributed by atoms with Crippen LogP contribution in [0.25, 0.3) is 16.9 Å². The number of benzene rings is 2. The summed E-state index contributed by atoms with van der Waals surface area (Å²) in [5.74, 6) is -0.0627. The zero-order valence-corrected chi connectivity index (χ0v) is 16.5. The van der Waals surface area contributed by atoms with E-state index in [-0.39, 0.29) is 29.1 Å². The molecule has 152 valence electrons. The van der Waals surface area contributed by atoms with Gasteiger partial charge in [0.05, 0.1) is 18.0 Å². The normalized spacial score (nSPS) is 11.3. The molecule has 0 radical (unpaired) electrons. The van der Waals surface area contributed by atoms with Crippen molar-refractivity contribution in [3.05, 3.63) is 59.6 Å². The SMILES string of the molecule is CCOC(=O)Oc1cc(-c2cccc(SC(F)(F)F)c2)n(-c2cccc(Cl)c2)n1. The molecule has 0 aliphatic heterocycles. The van der Waals surface area contributed by atoms with Crippen molar-refractivity contribution in [1.29, 1.82) is 0 Å². The number of carbonyl (C=O) groups is 1. The van der Waals surface area contributed by atoms with Crippen molar-refractivity contribution < 1.29 is 27.4 Å². The molecule has 0 aliphatic rings. The highest BCUT2D eigenvalue weighted by Crippen LogP contribution is 2.38. The molecule has 0 saturated carbocycles. The highest BCUT2D eigenvalue weighted by molar-refractivity contribution is 8.00. The molecular formula is C19H14ClF3N2O3S. The summed E-state index contributed by atoms with van der Waals surface area (Å²) in [6.07, 6.45) is -0.934. The van der Waals surface area contributed by atoms with Gasteiger partial charge in [0.2, 0.25) is 5.88 Å². The van der Waals surface area contributed by atoms with E-state index in [1.807, 2.05) is 0 Å². The number of hydrogen-bond acceptors (Lipinski definition) is 5. The van der Waals surface area contributed by atoms with Crippen LogP contribution in [0.4, 0.5) is 18.0 Å². The van der Waals surface area contributed by atoms with Crippen LogP contribution >= 0.6 is 23.4 Å². The summed E-state index contributed by atoms with van der Waals surface area (Å²) >= 11 is 5.83. The Bertz CT molecular complexity index is 1020. The Kier molecular flexibility index (Phi) is 6.39. The number of halogens is 4. The monoisotopic (exact) mass is 442 g/mol. The van der Waals surface area contributed by atoms with E-state index in [1.165, 1.54) is 28.9 Å². The van der Waals surface area contributed by atoms with Gasteiger partial charge < -0.3 is 9.47 Å². The second kappa shape index (κ2) is 8.79. The van der Waals surface area contributed by atoms with Gasteiger partial charge in [-0.15, -0.1) is 5.10 Å². The third-order valence-corrected chi connectivity index (χ3v) is 4.51. The molecule has 1 heterocycles. The number of ether oxygens (including phenoxy) is 2. The number of alkyl halides is 3. The summed E-state index contributed by atoms with van der Waals surface area (Å²) in [6.45, 7) is 1.75. The molecule has 10 heteroatoms. The molecule has 29 heavy (non-hydrogen) atoms. The van der Waals surface area contributed by atoms with Crippen LogP contribution in [0.2, 0.25) is 5.02 Å². The minimum absolute atomic E-state index is 0.0155. The molecule has 1 aromatic heterocycles. The predicted octanol–water partition coefficient (Wildman–Crippen LogP) is 6.34. The van der Waals surface area contributed by atoms with Crippen molar-refractivity contribution >= 4 is 29.5 Å². The minimum Gasteiger partial charge on any atom is -0.434 e. The Labute approximate surface area is 173 Å². The van der Waals surface area contributed by atoms with Crippen LogP contribution in [-0.2, 0) is 4.74 Å². The van der Waals surface area contributed by atoms with Crippen LogP contribution in [-0.4, -0.2) is 28.1 Å². The third kappa shape index (κ3) is 5.68. The Balaban J connectivity index is 2.05. The molecule has 0 spiro atoms. The lowest BCUT2D eigenvalue weighted by Gasteiger charge is -2.10. The topological polar surface area (TPSA) is 53.4 Å². The molecule has 0 saturated heterocycles. The van der Waals surface area contributed by atoms with Gasteiger partial charge in [0, 0.05) is 21.5 Å². The molecule has 0 unspecified atom stereocenters. The molecule has 5 nitrogen and oxygen atoms in total. The average molecular weight is 443 g/mol. The highest BCUT2D eigenvalue weighted by Gasteiger charge is 2.29. The zero-order valence-electron chi connectivity index (χ0n) is 14.9. The van der Waals surface area contributed by atoms with E-state index in [4.69, 9.17) is 21.1 Å². The minimum atomic E-state index is -4.41. The van der Waals surface area contributed by atoms with E-state index < -0.39 is 11.7 Å². The fourth-order valence-corrected chi connectivity index (χ4v) is 3.29. The molecule has 3 aromatic rings. The van der Waals surface area contributed by atoms with Crippen molar-refractivity contribution in [3.8, 4) is 22.8 Å². The quantitative estimate of drug-likeness (QED) is 0.341. The zero-order chi connectivity index (χ0) is 21.0. The number of rotatable bonds is 5. The van der Waals surface area contributed by atoms with Crippen LogP contribution in [0.15, 0.2) is 59.5 Å². The first-order chi connectivity index (χ1) is 13.7. The van der Waals surface area contributed by atoms with Crippen molar-refractivity contribution in [2.45, 2.75) is 17.3 Å². The first kappa shape index (κ1) is 21.1. The molecule has 0 amide bonds. The number of hydrogen-bond donors (Lipinski definition) is 0. The Morgan fingerprint density at radius 1 is 1.17 bits per heavy atom. The lowest BCUT2D eigenvalue weighted by atomic mass is 10.1. The van der Waals surface area contributed by atoms with E-state index >= 15 is 0 Å². The maximum absolute atomic E-state index is 12.7. The highest BCUT2D eigenvalue weighted by atomic mass is 35.5. The third-order valence-electron chi connectivity index (χ3n) is 3.55. The summed E-state index contributed by atoms with van der Waals surface area (Å²) in [4.78, 5) is 11.6. The number of nitrogens with zero attached hydrogens (tertiary/aromatic N) is 2. The van der Waals surface area contributed by atoms with Gasteiger partial charge >= 0.3 is 11.7 Å². The average Bonchev–Trinajstić information content (AvgIpc) is 3.04. The standard InChI is InChI=1S/C19H14ClF3N2O3S/c1-2-27-18(26)28-17-11-16(25(24-17)14-7-4-6-13(20)10-14)12-5-3-8-15(9-12)29-19(21,22)23/h3-11H,2H2,1H3. The second-order valence-corrected chi connectivity index (χ2v) is 7.20. The van der Waals surface area contributed by atoms with E-state index in [0.717, 1.165) is 0 Å². The fraction of sp³-hybridized carbons (Fsp3) is 0.158. The summed E-state index contributed by atoms with van der Waals surface area (Å²) in [7, 11) is 0. The van der Waals surface area contributed by atoms with Crippen LogP contribution in [0.1, 0.15) is 6.92 Å². The van der Waals surface area contributed by atoms with Gasteiger partial charge in [0.15, 0.2) is 0 Å². The Morgan fingerprint density at radius 2 is 1.93 bits per heavy atom. The van der Waals surface area contributed by atoms with Gasteiger partial charge in [-0.2, -0.15) is 13.2 Å². The summed E-state index contributed by atoms with van der Waals surface area (Å²) in [5.41, 5.74) is -3.01. The lowest BCUT2D eigenvalue weighted by molar-refractivity contribution is -0.0328. The van der Waals surface area contributed by atoms with Crippen LogP contribution < -0.4 is 4.74 Å². The molecule has 3 rings (SSSR count). The summed E-state index contributed by atoms with van der Waals surface area (Å²) in [6, 6.07) is 14.0. The van der Waals surface area contributed by atoms with Crippen LogP contribution in [0.3, 0.4) is 0 Å². The van der Waals surface area contributed by atoms with Crippen molar-refractivity contribution in [2.24, 2.45) is 0 Å². The van der Waals surface area contributed by atoms with E-state index in [2.05, 4.69) is 5.10 Å². The molecule has 2 aromatic carbocycles. The van der Waals surface area contributed by atoms with E-state index in [0.29, 0.717) is 22.0 Å². The molecule has 0 N–H and O–H groups in total. The first-order valence-corrected chi connectivity index (χ1v) is 9.51. The Morgan fingerprint density at radius 3 is 2.62 bits per heavy atom.